The molecule has 1 aliphatic carbocycles. The molecule has 1 atom stereocenters. The number of ether oxygens (including phenoxy) is 2. The molecule has 1 saturated carbocycles. The number of nitrogens with zero attached hydrogens (tertiary/aromatic N) is 3. The third-order valence-corrected chi connectivity index (χ3v) is 9.16. The Morgan fingerprint density at radius 1 is 1.00 bits per heavy atom. The lowest BCUT2D eigenvalue weighted by atomic mass is 9.81. The van der Waals surface area contributed by atoms with Crippen LogP contribution < -0.4 is 26.2 Å². The van der Waals surface area contributed by atoms with Gasteiger partial charge in [-0.15, -0.1) is 0 Å². The van der Waals surface area contributed by atoms with Gasteiger partial charge in [0.15, 0.2) is 0 Å². The smallest absolute Gasteiger partial charge is 0.407 e. The normalized spacial score (nSPS) is 16.8. The fourth-order valence-electron chi connectivity index (χ4n) is 6.44. The lowest BCUT2D eigenvalue weighted by Crippen LogP contribution is -2.50. The van der Waals surface area contributed by atoms with Crippen molar-refractivity contribution in [2.45, 2.75) is 70.9 Å². The molecular formula is C39H51N7O6. The third-order valence-electron chi connectivity index (χ3n) is 9.16. The molecule has 1 fully saturated rings. The summed E-state index contributed by atoms with van der Waals surface area (Å²) in [6, 6.07) is 15.3. The van der Waals surface area contributed by atoms with Crippen LogP contribution in [0.15, 0.2) is 65.6 Å². The molecule has 0 bridgehead atoms. The summed E-state index contributed by atoms with van der Waals surface area (Å²) in [5.41, 5.74) is 9.17. The van der Waals surface area contributed by atoms with E-state index in [0.29, 0.717) is 61.3 Å². The molecular weight excluding hydrogens is 662 g/mol. The number of amides is 3. The quantitative estimate of drug-likeness (QED) is 0.139. The van der Waals surface area contributed by atoms with Crippen LogP contribution in [0.5, 0.6) is 5.88 Å². The SMILES string of the molecule is CN(C)CCCOc1ccc(-c2cccc(C[C@H](N)C(=O)N(c3ccc4c(=O)[nH][nH]c4c3)C(=O)[C@H]3CC[C@H](CNC(=O)OC(C)(C)C)CC3)c2)cn1. The molecule has 0 aliphatic heterocycles. The molecule has 1 aliphatic rings. The Morgan fingerprint density at radius 2 is 1.77 bits per heavy atom. The number of anilines is 1. The van der Waals surface area contributed by atoms with Gasteiger partial charge < -0.3 is 25.4 Å². The summed E-state index contributed by atoms with van der Waals surface area (Å²) in [6.07, 6.45) is 4.91. The van der Waals surface area contributed by atoms with Crippen molar-refractivity contribution < 1.29 is 23.9 Å². The number of aromatic amines is 2. The number of benzene rings is 2. The third kappa shape index (κ3) is 10.3. The van der Waals surface area contributed by atoms with E-state index in [1.807, 2.05) is 71.3 Å². The summed E-state index contributed by atoms with van der Waals surface area (Å²) in [7, 11) is 4.05. The monoisotopic (exact) mass is 713 g/mol. The van der Waals surface area contributed by atoms with Crippen molar-refractivity contribution in [2.75, 3.05) is 38.7 Å². The van der Waals surface area contributed by atoms with Gasteiger partial charge in [0.25, 0.3) is 11.5 Å². The van der Waals surface area contributed by atoms with Crippen molar-refractivity contribution in [3.05, 3.63) is 76.7 Å². The number of pyridine rings is 1. The Morgan fingerprint density at radius 3 is 2.46 bits per heavy atom. The van der Waals surface area contributed by atoms with Crippen molar-refractivity contribution in [3.8, 4) is 17.0 Å². The van der Waals surface area contributed by atoms with Crippen molar-refractivity contribution in [3.63, 3.8) is 0 Å². The van der Waals surface area contributed by atoms with E-state index in [1.165, 1.54) is 4.90 Å². The van der Waals surface area contributed by atoms with Gasteiger partial charge in [0, 0.05) is 36.8 Å². The first-order valence-corrected chi connectivity index (χ1v) is 17.9. The predicted octanol–water partition coefficient (Wildman–Crippen LogP) is 5.01. The summed E-state index contributed by atoms with van der Waals surface area (Å²) < 4.78 is 11.1. The molecule has 4 aromatic rings. The van der Waals surface area contributed by atoms with E-state index in [1.54, 1.807) is 24.4 Å². The van der Waals surface area contributed by atoms with Gasteiger partial charge in [-0.05, 0) is 115 Å². The number of fused-ring (bicyclic) bond motifs is 1. The molecule has 0 spiro atoms. The van der Waals surface area contributed by atoms with Crippen molar-refractivity contribution >= 4 is 34.5 Å². The van der Waals surface area contributed by atoms with Crippen molar-refractivity contribution in [2.24, 2.45) is 17.6 Å². The number of nitrogens with one attached hydrogen (secondary N) is 3. The van der Waals surface area contributed by atoms with Crippen LogP contribution in [-0.4, -0.2) is 83.4 Å². The Balaban J connectivity index is 1.27. The minimum Gasteiger partial charge on any atom is -0.478 e. The Bertz CT molecular complexity index is 1890. The molecule has 13 heteroatoms. The maximum Gasteiger partial charge on any atom is 0.407 e. The van der Waals surface area contributed by atoms with E-state index in [9.17, 15) is 19.2 Å². The second-order valence-corrected chi connectivity index (χ2v) is 14.8. The van der Waals surface area contributed by atoms with Crippen LogP contribution in [0.1, 0.15) is 58.4 Å². The highest BCUT2D eigenvalue weighted by Gasteiger charge is 2.35. The first-order valence-electron chi connectivity index (χ1n) is 17.9. The van der Waals surface area contributed by atoms with E-state index in [4.69, 9.17) is 15.2 Å². The number of nitrogens with two attached hydrogens (primary N) is 1. The fourth-order valence-corrected chi connectivity index (χ4v) is 6.44. The van der Waals surface area contributed by atoms with Gasteiger partial charge in [-0.3, -0.25) is 24.6 Å². The minimum absolute atomic E-state index is 0.184. The summed E-state index contributed by atoms with van der Waals surface area (Å²) in [6.45, 7) is 7.40. The zero-order chi connectivity index (χ0) is 37.4. The Hall–Kier alpha value is -5.01. The van der Waals surface area contributed by atoms with Gasteiger partial charge in [-0.2, -0.15) is 0 Å². The minimum atomic E-state index is -1.02. The predicted molar refractivity (Wildman–Crippen MR) is 201 cm³/mol. The number of H-pyrrole nitrogens is 2. The number of alkyl carbamates (subject to hydrolysis) is 1. The van der Waals surface area contributed by atoms with E-state index < -0.39 is 29.6 Å². The Kier molecular flexibility index (Phi) is 12.5. The van der Waals surface area contributed by atoms with Crippen LogP contribution in [-0.2, 0) is 20.7 Å². The average molecular weight is 714 g/mol. The molecule has 3 amide bonds. The molecule has 2 aromatic carbocycles. The van der Waals surface area contributed by atoms with E-state index in [2.05, 4.69) is 25.4 Å². The van der Waals surface area contributed by atoms with Crippen molar-refractivity contribution in [1.29, 1.82) is 0 Å². The Labute approximate surface area is 304 Å². The molecule has 2 aromatic heterocycles. The molecule has 0 radical (unpaired) electrons. The van der Waals surface area contributed by atoms with Crippen LogP contribution in [0.3, 0.4) is 0 Å². The summed E-state index contributed by atoms with van der Waals surface area (Å²) >= 11 is 0. The summed E-state index contributed by atoms with van der Waals surface area (Å²) in [5, 5.41) is 8.62. The summed E-state index contributed by atoms with van der Waals surface area (Å²) in [5.74, 6) is -0.531. The number of hydrogen-bond donors (Lipinski definition) is 4. The summed E-state index contributed by atoms with van der Waals surface area (Å²) in [4.78, 5) is 60.5. The zero-order valence-electron chi connectivity index (χ0n) is 30.7. The zero-order valence-corrected chi connectivity index (χ0v) is 30.7. The highest BCUT2D eigenvalue weighted by atomic mass is 16.6. The van der Waals surface area contributed by atoms with Crippen LogP contribution in [0.2, 0.25) is 0 Å². The molecule has 5 rings (SSSR count). The highest BCUT2D eigenvalue weighted by Crippen LogP contribution is 2.32. The fraction of sp³-hybridized carbons (Fsp3) is 0.462. The van der Waals surface area contributed by atoms with Crippen LogP contribution in [0, 0.1) is 11.8 Å². The van der Waals surface area contributed by atoms with Gasteiger partial charge in [0.1, 0.15) is 5.60 Å². The number of hydrogen-bond acceptors (Lipinski definition) is 9. The van der Waals surface area contributed by atoms with Gasteiger partial charge in [0.05, 0.1) is 29.2 Å². The number of imide groups is 1. The van der Waals surface area contributed by atoms with Gasteiger partial charge in [0.2, 0.25) is 11.8 Å². The largest absolute Gasteiger partial charge is 0.478 e. The lowest BCUT2D eigenvalue weighted by molar-refractivity contribution is -0.130. The van der Waals surface area contributed by atoms with Crippen LogP contribution in [0.25, 0.3) is 22.0 Å². The maximum absolute atomic E-state index is 14.2. The second kappa shape index (κ2) is 17.0. The standard InChI is InChI=1S/C39H51N7O6/c1-39(2,3)52-38(50)42-23-25-10-12-27(13-11-25)36(48)46(30-15-16-31-33(22-30)43-44-35(31)47)37(49)32(40)21-26-8-6-9-28(20-26)29-14-17-34(41-24-29)51-19-7-18-45(4)5/h6,8-9,14-17,20,22,24-25,27,32H,7,10-13,18-19,21,23,40H2,1-5H3,(H,42,50)(H2,43,44,47)/t25-,27-,32-/m0/s1. The number of aromatic nitrogens is 3. The molecule has 5 N–H and O–H groups in total. The topological polar surface area (TPSA) is 176 Å². The van der Waals surface area contributed by atoms with E-state index in [-0.39, 0.29) is 23.8 Å². The second-order valence-electron chi connectivity index (χ2n) is 14.8. The highest BCUT2D eigenvalue weighted by molar-refractivity contribution is 6.17. The van der Waals surface area contributed by atoms with Gasteiger partial charge in [-0.1, -0.05) is 24.3 Å². The lowest BCUT2D eigenvalue weighted by Gasteiger charge is -2.32. The average Bonchev–Trinajstić information content (AvgIpc) is 3.48. The first-order chi connectivity index (χ1) is 24.8. The van der Waals surface area contributed by atoms with E-state index in [0.717, 1.165) is 29.7 Å². The van der Waals surface area contributed by atoms with Gasteiger partial charge >= 0.3 is 6.09 Å². The van der Waals surface area contributed by atoms with Crippen molar-refractivity contribution in [1.82, 2.24) is 25.4 Å². The maximum atomic E-state index is 14.2. The first kappa shape index (κ1) is 38.2. The van der Waals surface area contributed by atoms with Crippen LogP contribution in [0.4, 0.5) is 10.5 Å². The molecule has 278 valence electrons. The number of rotatable bonds is 13. The van der Waals surface area contributed by atoms with Gasteiger partial charge in [-0.25, -0.2) is 14.7 Å². The van der Waals surface area contributed by atoms with Crippen LogP contribution >= 0.6 is 0 Å². The molecule has 0 saturated heterocycles. The van der Waals surface area contributed by atoms with E-state index >= 15 is 0 Å². The molecule has 2 heterocycles. The number of carbonyl (C=O) groups is 3. The molecule has 52 heavy (non-hydrogen) atoms. The molecule has 0 unspecified atom stereocenters. The number of carbonyl (C=O) groups excluding carboxylic acids is 3. The molecule has 13 nitrogen and oxygen atoms in total.